The van der Waals surface area contributed by atoms with E-state index in [0.29, 0.717) is 11.4 Å². The number of sulfonamides is 1. The zero-order valence-corrected chi connectivity index (χ0v) is 20.8. The summed E-state index contributed by atoms with van der Waals surface area (Å²) in [6, 6.07) is 10.6. The molecule has 4 atom stereocenters. The van der Waals surface area contributed by atoms with Gasteiger partial charge in [-0.05, 0) is 43.7 Å². The molecule has 4 N–H and O–H groups in total. The molecule has 5 rings (SSSR count). The van der Waals surface area contributed by atoms with Gasteiger partial charge in [0.05, 0.1) is 4.90 Å². The number of rotatable bonds is 7. The number of fused-ring (bicyclic) bond motifs is 1. The molecule has 2 aromatic carbocycles. The van der Waals surface area contributed by atoms with Crippen molar-refractivity contribution in [2.24, 2.45) is 0 Å². The summed E-state index contributed by atoms with van der Waals surface area (Å²) in [6.45, 7) is 3.91. The van der Waals surface area contributed by atoms with E-state index in [2.05, 4.69) is 30.7 Å². The van der Waals surface area contributed by atoms with Crippen LogP contribution in [0.4, 0.5) is 0 Å². The fourth-order valence-corrected chi connectivity index (χ4v) is 7.28. The van der Waals surface area contributed by atoms with Crippen molar-refractivity contribution in [1.29, 1.82) is 0 Å². The van der Waals surface area contributed by atoms with Crippen molar-refractivity contribution < 1.29 is 23.1 Å². The molecule has 0 spiro atoms. The summed E-state index contributed by atoms with van der Waals surface area (Å²) in [7, 11) is -4.08. The van der Waals surface area contributed by atoms with Crippen LogP contribution >= 0.6 is 11.8 Å². The van der Waals surface area contributed by atoms with Crippen LogP contribution < -0.4 is 10.0 Å². The minimum atomic E-state index is -4.08. The highest BCUT2D eigenvalue weighted by Gasteiger charge is 2.63. The first-order valence-corrected chi connectivity index (χ1v) is 13.3. The Bertz CT molecular complexity index is 1380. The van der Waals surface area contributed by atoms with Crippen molar-refractivity contribution >= 4 is 33.6 Å². The van der Waals surface area contributed by atoms with E-state index in [1.165, 1.54) is 48.2 Å². The van der Waals surface area contributed by atoms with E-state index >= 15 is 0 Å². The van der Waals surface area contributed by atoms with E-state index in [4.69, 9.17) is 0 Å². The first kappa shape index (κ1) is 24.2. The molecule has 2 aliphatic rings. The number of aromatic amines is 1. The monoisotopic (exact) mass is 529 g/mol. The molecule has 36 heavy (non-hydrogen) atoms. The zero-order valence-electron chi connectivity index (χ0n) is 19.2. The topological polar surface area (TPSA) is 170 Å². The number of benzene rings is 2. The maximum Gasteiger partial charge on any atom is 0.249 e. The largest absolute Gasteiger partial charge is 0.508 e. The second-order valence-electron chi connectivity index (χ2n) is 8.98. The number of nitrogens with one attached hydrogen (secondary N) is 3. The van der Waals surface area contributed by atoms with Crippen molar-refractivity contribution in [2.45, 2.75) is 47.0 Å². The van der Waals surface area contributed by atoms with Gasteiger partial charge in [0.1, 0.15) is 29.2 Å². The normalized spacial score (nSPS) is 23.6. The Hall–Kier alpha value is -3.49. The molecule has 3 unspecified atom stereocenters. The Morgan fingerprint density at radius 2 is 1.86 bits per heavy atom. The average Bonchev–Trinajstić information content (AvgIpc) is 3.46. The molecule has 2 fully saturated rings. The van der Waals surface area contributed by atoms with Gasteiger partial charge < -0.3 is 15.3 Å². The number of carbonyl (C=O) groups excluding carboxylic acids is 2. The van der Waals surface area contributed by atoms with E-state index < -0.39 is 38.8 Å². The number of aromatic nitrogens is 4. The van der Waals surface area contributed by atoms with Gasteiger partial charge in [0.15, 0.2) is 5.82 Å². The highest BCUT2D eigenvalue weighted by Crippen LogP contribution is 2.56. The number of thioether (sulfide) groups is 1. The third-order valence-electron chi connectivity index (χ3n) is 6.16. The van der Waals surface area contributed by atoms with Crippen molar-refractivity contribution in [3.05, 3.63) is 66.0 Å². The highest BCUT2D eigenvalue weighted by molar-refractivity contribution is 8.01. The first-order valence-electron chi connectivity index (χ1n) is 11.0. The molecule has 0 bridgehead atoms. The van der Waals surface area contributed by atoms with Crippen LogP contribution in [-0.4, -0.2) is 67.0 Å². The third-order valence-corrected chi connectivity index (χ3v) is 9.17. The summed E-state index contributed by atoms with van der Waals surface area (Å²) in [5, 5.41) is 26.1. The first-order chi connectivity index (χ1) is 17.1. The van der Waals surface area contributed by atoms with Crippen molar-refractivity contribution in [2.75, 3.05) is 0 Å². The van der Waals surface area contributed by atoms with Gasteiger partial charge in [0.25, 0.3) is 0 Å². The van der Waals surface area contributed by atoms with Gasteiger partial charge in [-0.3, -0.25) is 9.59 Å². The van der Waals surface area contributed by atoms with Crippen LogP contribution in [0.25, 0.3) is 0 Å². The Balaban J connectivity index is 1.39. The minimum absolute atomic E-state index is 0.0106. The molecule has 1 aromatic heterocycles. The van der Waals surface area contributed by atoms with Gasteiger partial charge in [-0.25, -0.2) is 8.42 Å². The number of β-lactam (4-membered cyclic amide) rings is 1. The standard InChI is InChI=1S/C22H23N7O5S2/c1-22(2)17(18-24-27-28-25-18)29-20(32)16(21(29)35-22)23-19(31)15(12-8-10-13(30)11-9-12)26-36(33,34)14-6-4-3-5-7-14/h3-11,15-17,21,26,30H,1-2H3,(H,23,31)(H,24,25,27,28)/t15?,16?,17?,21-/m1/s1. The summed E-state index contributed by atoms with van der Waals surface area (Å²) < 4.78 is 28.0. The van der Waals surface area contributed by atoms with Crippen LogP contribution in [0, 0.1) is 0 Å². The van der Waals surface area contributed by atoms with E-state index in [1.54, 1.807) is 23.1 Å². The number of hydrogen-bond acceptors (Lipinski definition) is 9. The average molecular weight is 530 g/mol. The number of hydrogen-bond donors (Lipinski definition) is 4. The van der Waals surface area contributed by atoms with Crippen molar-refractivity contribution in [3.8, 4) is 5.75 Å². The highest BCUT2D eigenvalue weighted by atomic mass is 32.2. The number of H-pyrrole nitrogens is 1. The second-order valence-corrected chi connectivity index (χ2v) is 12.5. The van der Waals surface area contributed by atoms with Gasteiger partial charge in [-0.15, -0.1) is 22.0 Å². The predicted octanol–water partition coefficient (Wildman–Crippen LogP) is 0.845. The number of phenols is 1. The molecule has 2 aliphatic heterocycles. The van der Waals surface area contributed by atoms with E-state index in [-0.39, 0.29) is 21.9 Å². The minimum Gasteiger partial charge on any atom is -0.508 e. The van der Waals surface area contributed by atoms with Gasteiger partial charge in [-0.2, -0.15) is 9.94 Å². The quantitative estimate of drug-likeness (QED) is 0.324. The van der Waals surface area contributed by atoms with Crippen LogP contribution in [0.3, 0.4) is 0 Å². The number of phenolic OH excluding ortho intramolecular Hbond substituents is 1. The lowest BCUT2D eigenvalue weighted by Gasteiger charge is -2.44. The summed E-state index contributed by atoms with van der Waals surface area (Å²) >= 11 is 1.49. The summed E-state index contributed by atoms with van der Waals surface area (Å²) in [6.07, 6.45) is 0. The van der Waals surface area contributed by atoms with Gasteiger partial charge in [-0.1, -0.05) is 35.5 Å². The van der Waals surface area contributed by atoms with E-state index in [0.717, 1.165) is 0 Å². The lowest BCUT2D eigenvalue weighted by Crippen LogP contribution is -2.68. The summed E-state index contributed by atoms with van der Waals surface area (Å²) in [5.74, 6) is -0.673. The van der Waals surface area contributed by atoms with Crippen molar-refractivity contribution in [1.82, 2.24) is 35.6 Å². The van der Waals surface area contributed by atoms with Crippen LogP contribution in [0.1, 0.15) is 37.3 Å². The fourth-order valence-electron chi connectivity index (χ4n) is 4.45. The molecule has 3 heterocycles. The molecular formula is C22H23N7O5S2. The van der Waals surface area contributed by atoms with Crippen LogP contribution in [0.15, 0.2) is 59.5 Å². The Labute approximate surface area is 210 Å². The predicted molar refractivity (Wildman–Crippen MR) is 129 cm³/mol. The van der Waals surface area contributed by atoms with Gasteiger partial charge in [0, 0.05) is 4.75 Å². The second kappa shape index (κ2) is 8.87. The maximum atomic E-state index is 13.4. The fraction of sp³-hybridized carbons (Fsp3) is 0.318. The lowest BCUT2D eigenvalue weighted by atomic mass is 9.95. The third kappa shape index (κ3) is 4.20. The number of amides is 2. The number of nitrogens with zero attached hydrogens (tertiary/aromatic N) is 4. The van der Waals surface area contributed by atoms with E-state index in [1.807, 2.05) is 13.8 Å². The zero-order chi connectivity index (χ0) is 25.7. The molecule has 2 saturated heterocycles. The van der Waals surface area contributed by atoms with Crippen LogP contribution in [-0.2, 0) is 19.6 Å². The van der Waals surface area contributed by atoms with Crippen molar-refractivity contribution in [3.63, 3.8) is 0 Å². The number of carbonyl (C=O) groups is 2. The molecule has 0 aliphatic carbocycles. The molecule has 3 aromatic rings. The number of tetrazole rings is 1. The van der Waals surface area contributed by atoms with Gasteiger partial charge >= 0.3 is 0 Å². The van der Waals surface area contributed by atoms with Crippen LogP contribution in [0.5, 0.6) is 5.75 Å². The molecule has 0 saturated carbocycles. The van der Waals surface area contributed by atoms with Gasteiger partial charge in [0.2, 0.25) is 21.8 Å². The molecule has 14 heteroatoms. The Morgan fingerprint density at radius 1 is 1.17 bits per heavy atom. The SMILES string of the molecule is CC1(C)S[C@@H]2C(NC(=O)C(NS(=O)(=O)c3ccccc3)c3ccc(O)cc3)C(=O)N2C1c1nn[nH]n1. The smallest absolute Gasteiger partial charge is 0.249 e. The number of aromatic hydroxyl groups is 1. The lowest BCUT2D eigenvalue weighted by molar-refractivity contribution is -0.152. The summed E-state index contributed by atoms with van der Waals surface area (Å²) in [4.78, 5) is 28.2. The van der Waals surface area contributed by atoms with Crippen LogP contribution in [0.2, 0.25) is 0 Å². The Morgan fingerprint density at radius 3 is 2.50 bits per heavy atom. The molecular weight excluding hydrogens is 506 g/mol. The maximum absolute atomic E-state index is 13.4. The Kier molecular flexibility index (Phi) is 5.97. The molecule has 2 amide bonds. The molecule has 188 valence electrons. The van der Waals surface area contributed by atoms with E-state index in [9.17, 15) is 23.1 Å². The molecule has 0 radical (unpaired) electrons. The summed E-state index contributed by atoms with van der Waals surface area (Å²) in [5.41, 5.74) is 0.303. The molecule has 12 nitrogen and oxygen atoms in total.